The van der Waals surface area contributed by atoms with Gasteiger partial charge in [-0.05, 0) is 18.9 Å². The summed E-state index contributed by atoms with van der Waals surface area (Å²) in [5.41, 5.74) is -0.879. The molecule has 0 amide bonds. The third-order valence-electron chi connectivity index (χ3n) is 1.70. The van der Waals surface area contributed by atoms with Gasteiger partial charge in [-0.3, -0.25) is 0 Å². The summed E-state index contributed by atoms with van der Waals surface area (Å²) in [6, 6.07) is 0. The Morgan fingerprint density at radius 2 is 2.07 bits per heavy atom. The van der Waals surface area contributed by atoms with E-state index in [0.29, 0.717) is 0 Å². The number of isocyanates is 1. The standard InChI is InChI=1S/C8H5ClF3NO/c9-7-2-1-5(13-4-14)3-6(7)8(10,11)12/h3H,1-2H2. The lowest BCUT2D eigenvalue weighted by molar-refractivity contribution is -0.0890. The van der Waals surface area contributed by atoms with Crippen molar-refractivity contribution in [2.24, 2.45) is 4.99 Å². The predicted molar refractivity (Wildman–Crippen MR) is 44.4 cm³/mol. The minimum absolute atomic E-state index is 0.0490. The van der Waals surface area contributed by atoms with Crippen molar-refractivity contribution >= 4 is 17.7 Å². The number of alkyl halides is 3. The monoisotopic (exact) mass is 223 g/mol. The molecule has 0 saturated heterocycles. The fourth-order valence-corrected chi connectivity index (χ4v) is 1.33. The average Bonchev–Trinajstić information content (AvgIpc) is 2.07. The minimum atomic E-state index is -4.50. The van der Waals surface area contributed by atoms with E-state index in [-0.39, 0.29) is 23.6 Å². The van der Waals surface area contributed by atoms with Crippen molar-refractivity contribution in [1.82, 2.24) is 0 Å². The van der Waals surface area contributed by atoms with Crippen LogP contribution in [0.15, 0.2) is 27.4 Å². The number of allylic oxidation sites excluding steroid dienone is 4. The van der Waals surface area contributed by atoms with Crippen LogP contribution in [0.5, 0.6) is 0 Å². The first-order valence-electron chi connectivity index (χ1n) is 3.69. The molecule has 0 aromatic rings. The van der Waals surface area contributed by atoms with E-state index in [1.165, 1.54) is 6.08 Å². The van der Waals surface area contributed by atoms with Crippen molar-refractivity contribution in [2.45, 2.75) is 19.0 Å². The Labute approximate surface area is 82.8 Å². The zero-order valence-electron chi connectivity index (χ0n) is 6.86. The second-order valence-corrected chi connectivity index (χ2v) is 3.11. The molecule has 0 atom stereocenters. The maximum atomic E-state index is 12.3. The van der Waals surface area contributed by atoms with Crippen LogP contribution in [0.1, 0.15) is 12.8 Å². The number of hydrogen-bond donors (Lipinski definition) is 0. The van der Waals surface area contributed by atoms with Gasteiger partial charge in [-0.15, -0.1) is 0 Å². The normalized spacial score (nSPS) is 17.6. The van der Waals surface area contributed by atoms with Crippen LogP contribution in [0, 0.1) is 0 Å². The molecule has 0 fully saturated rings. The molecule has 76 valence electrons. The van der Waals surface area contributed by atoms with E-state index in [0.717, 1.165) is 6.08 Å². The molecule has 1 aliphatic carbocycles. The fourth-order valence-electron chi connectivity index (χ4n) is 1.07. The molecule has 1 rings (SSSR count). The highest BCUT2D eigenvalue weighted by Gasteiger charge is 2.36. The maximum Gasteiger partial charge on any atom is 0.417 e. The Bertz CT molecular complexity index is 350. The van der Waals surface area contributed by atoms with Gasteiger partial charge >= 0.3 is 6.18 Å². The van der Waals surface area contributed by atoms with Crippen LogP contribution in [0.4, 0.5) is 13.2 Å². The second kappa shape index (κ2) is 3.98. The molecule has 0 bridgehead atoms. The highest BCUT2D eigenvalue weighted by molar-refractivity contribution is 6.30. The Morgan fingerprint density at radius 3 is 2.57 bits per heavy atom. The van der Waals surface area contributed by atoms with Crippen LogP contribution in [-0.2, 0) is 4.79 Å². The van der Waals surface area contributed by atoms with Gasteiger partial charge in [0.1, 0.15) is 0 Å². The first-order valence-corrected chi connectivity index (χ1v) is 4.07. The molecule has 0 N–H and O–H groups in total. The summed E-state index contributed by atoms with van der Waals surface area (Å²) in [6.07, 6.45) is -2.25. The molecule has 1 aliphatic rings. The van der Waals surface area contributed by atoms with Crippen molar-refractivity contribution in [1.29, 1.82) is 0 Å². The van der Waals surface area contributed by atoms with Gasteiger partial charge in [0.25, 0.3) is 0 Å². The van der Waals surface area contributed by atoms with Gasteiger partial charge in [0.05, 0.1) is 11.3 Å². The van der Waals surface area contributed by atoms with E-state index >= 15 is 0 Å². The molecular weight excluding hydrogens is 219 g/mol. The fraction of sp³-hybridized carbons (Fsp3) is 0.375. The van der Waals surface area contributed by atoms with E-state index in [2.05, 4.69) is 4.99 Å². The SMILES string of the molecule is O=C=NC1=CC(C(F)(F)F)=C(Cl)CC1. The summed E-state index contributed by atoms with van der Waals surface area (Å²) < 4.78 is 36.8. The average molecular weight is 224 g/mol. The van der Waals surface area contributed by atoms with Crippen molar-refractivity contribution in [3.05, 3.63) is 22.4 Å². The molecule has 0 heterocycles. The number of aliphatic imine (C=N–C) groups is 1. The summed E-state index contributed by atoms with van der Waals surface area (Å²) in [5, 5.41) is -0.248. The van der Waals surface area contributed by atoms with E-state index in [4.69, 9.17) is 11.6 Å². The number of carbonyl (C=O) groups excluding carboxylic acids is 1. The largest absolute Gasteiger partial charge is 0.417 e. The third-order valence-corrected chi connectivity index (χ3v) is 2.09. The third kappa shape index (κ3) is 2.47. The number of nitrogens with zero attached hydrogens (tertiary/aromatic N) is 1. The van der Waals surface area contributed by atoms with Gasteiger partial charge in [-0.1, -0.05) is 11.6 Å². The summed E-state index contributed by atoms with van der Waals surface area (Å²) in [7, 11) is 0. The second-order valence-electron chi connectivity index (χ2n) is 2.66. The minimum Gasteiger partial charge on any atom is -0.211 e. The van der Waals surface area contributed by atoms with Crippen LogP contribution < -0.4 is 0 Å². The van der Waals surface area contributed by atoms with Crippen molar-refractivity contribution < 1.29 is 18.0 Å². The highest BCUT2D eigenvalue weighted by atomic mass is 35.5. The molecule has 0 aliphatic heterocycles. The molecule has 14 heavy (non-hydrogen) atoms. The summed E-state index contributed by atoms with van der Waals surface area (Å²) in [6.45, 7) is 0. The lowest BCUT2D eigenvalue weighted by Crippen LogP contribution is -2.14. The Kier molecular flexibility index (Phi) is 3.13. The van der Waals surface area contributed by atoms with Crippen molar-refractivity contribution in [3.63, 3.8) is 0 Å². The highest BCUT2D eigenvalue weighted by Crippen LogP contribution is 2.37. The summed E-state index contributed by atoms with van der Waals surface area (Å²) in [4.78, 5) is 13.0. The Balaban J connectivity index is 3.08. The predicted octanol–water partition coefficient (Wildman–Crippen LogP) is 3.06. The Morgan fingerprint density at radius 1 is 1.43 bits per heavy atom. The molecule has 0 spiro atoms. The molecule has 0 aromatic carbocycles. The number of hydrogen-bond acceptors (Lipinski definition) is 2. The number of halogens is 4. The van der Waals surface area contributed by atoms with Crippen LogP contribution in [-0.4, -0.2) is 12.3 Å². The van der Waals surface area contributed by atoms with E-state index in [1.807, 2.05) is 0 Å². The van der Waals surface area contributed by atoms with Gasteiger partial charge in [0, 0.05) is 5.03 Å². The topological polar surface area (TPSA) is 29.4 Å². The lowest BCUT2D eigenvalue weighted by atomic mass is 10.0. The molecular formula is C8H5ClF3NO. The zero-order chi connectivity index (χ0) is 10.8. The molecule has 0 saturated carbocycles. The molecule has 0 unspecified atom stereocenters. The zero-order valence-corrected chi connectivity index (χ0v) is 7.61. The number of rotatable bonds is 1. The van der Waals surface area contributed by atoms with Crippen LogP contribution >= 0.6 is 11.6 Å². The summed E-state index contributed by atoms with van der Waals surface area (Å²) >= 11 is 5.41. The van der Waals surface area contributed by atoms with E-state index in [1.54, 1.807) is 0 Å². The Hall–Kier alpha value is -1.06. The van der Waals surface area contributed by atoms with Gasteiger partial charge in [-0.25, -0.2) is 4.79 Å². The van der Waals surface area contributed by atoms with E-state index in [9.17, 15) is 18.0 Å². The first kappa shape index (κ1) is 11.0. The van der Waals surface area contributed by atoms with Gasteiger partial charge in [0.15, 0.2) is 0 Å². The summed E-state index contributed by atoms with van der Waals surface area (Å²) in [5.74, 6) is 0. The molecule has 0 radical (unpaired) electrons. The first-order chi connectivity index (χ1) is 6.45. The quantitative estimate of drug-likeness (QED) is 0.496. The molecule has 2 nitrogen and oxygen atoms in total. The van der Waals surface area contributed by atoms with Crippen LogP contribution in [0.3, 0.4) is 0 Å². The lowest BCUT2D eigenvalue weighted by Gasteiger charge is -2.15. The van der Waals surface area contributed by atoms with Crippen molar-refractivity contribution in [2.75, 3.05) is 0 Å². The smallest absolute Gasteiger partial charge is 0.211 e. The van der Waals surface area contributed by atoms with Gasteiger partial charge < -0.3 is 0 Å². The van der Waals surface area contributed by atoms with Gasteiger partial charge in [-0.2, -0.15) is 18.2 Å². The van der Waals surface area contributed by atoms with Crippen molar-refractivity contribution in [3.8, 4) is 0 Å². The van der Waals surface area contributed by atoms with Crippen LogP contribution in [0.25, 0.3) is 0 Å². The molecule has 0 aromatic heterocycles. The van der Waals surface area contributed by atoms with Gasteiger partial charge in [0.2, 0.25) is 6.08 Å². The van der Waals surface area contributed by atoms with E-state index < -0.39 is 11.7 Å². The van der Waals surface area contributed by atoms with Crippen LogP contribution in [0.2, 0.25) is 0 Å². The molecule has 6 heteroatoms. The maximum absolute atomic E-state index is 12.3.